The zero-order valence-corrected chi connectivity index (χ0v) is 12.1. The minimum atomic E-state index is 0.589. The molecule has 3 unspecified atom stereocenters. The second kappa shape index (κ2) is 5.30. The standard InChI is InChI=1S/C14H21BrN2/c1-9-3-5-13(10(2)7-9)17-14-6-4-11(16)8-12(14)15/h4,6,8-10,13,17H,3,5,7,16H2,1-2H3. The largest absolute Gasteiger partial charge is 0.399 e. The molecule has 2 nitrogen and oxygen atoms in total. The van der Waals surface area contributed by atoms with Crippen molar-refractivity contribution in [3.05, 3.63) is 22.7 Å². The number of nitrogens with two attached hydrogens (primary N) is 1. The Morgan fingerprint density at radius 3 is 2.71 bits per heavy atom. The molecule has 1 saturated carbocycles. The van der Waals surface area contributed by atoms with Gasteiger partial charge in [-0.15, -0.1) is 0 Å². The predicted octanol–water partition coefficient (Wildman–Crippen LogP) is 4.27. The van der Waals surface area contributed by atoms with E-state index in [1.807, 2.05) is 12.1 Å². The second-order valence-electron chi connectivity index (χ2n) is 5.39. The molecule has 17 heavy (non-hydrogen) atoms. The molecule has 94 valence electrons. The van der Waals surface area contributed by atoms with Gasteiger partial charge in [-0.3, -0.25) is 0 Å². The summed E-state index contributed by atoms with van der Waals surface area (Å²) in [6.07, 6.45) is 3.91. The van der Waals surface area contributed by atoms with Crippen molar-refractivity contribution in [3.8, 4) is 0 Å². The summed E-state index contributed by atoms with van der Waals surface area (Å²) >= 11 is 3.56. The maximum atomic E-state index is 5.75. The zero-order valence-electron chi connectivity index (χ0n) is 10.5. The van der Waals surface area contributed by atoms with E-state index in [1.54, 1.807) is 0 Å². The van der Waals surface area contributed by atoms with Crippen LogP contribution in [-0.2, 0) is 0 Å². The number of halogens is 1. The third kappa shape index (κ3) is 3.15. The minimum absolute atomic E-state index is 0.589. The van der Waals surface area contributed by atoms with Crippen molar-refractivity contribution in [3.63, 3.8) is 0 Å². The van der Waals surface area contributed by atoms with Crippen molar-refractivity contribution in [2.75, 3.05) is 11.1 Å². The summed E-state index contributed by atoms with van der Waals surface area (Å²) in [4.78, 5) is 0. The molecule has 0 heterocycles. The molecule has 1 aromatic carbocycles. The van der Waals surface area contributed by atoms with Crippen LogP contribution >= 0.6 is 15.9 Å². The third-order valence-corrected chi connectivity index (χ3v) is 4.42. The number of hydrogen-bond donors (Lipinski definition) is 2. The van der Waals surface area contributed by atoms with E-state index < -0.39 is 0 Å². The summed E-state index contributed by atoms with van der Waals surface area (Å²) in [5.41, 5.74) is 7.71. The molecule has 0 saturated heterocycles. The Morgan fingerprint density at radius 1 is 1.29 bits per heavy atom. The fourth-order valence-electron chi connectivity index (χ4n) is 2.73. The molecule has 3 N–H and O–H groups in total. The number of benzene rings is 1. The van der Waals surface area contributed by atoms with Gasteiger partial charge in [0.25, 0.3) is 0 Å². The van der Waals surface area contributed by atoms with Gasteiger partial charge in [0, 0.05) is 21.9 Å². The van der Waals surface area contributed by atoms with Crippen LogP contribution in [-0.4, -0.2) is 6.04 Å². The summed E-state index contributed by atoms with van der Waals surface area (Å²) in [5, 5.41) is 3.64. The van der Waals surface area contributed by atoms with Crippen LogP contribution in [0, 0.1) is 11.8 Å². The highest BCUT2D eigenvalue weighted by Gasteiger charge is 2.25. The van der Waals surface area contributed by atoms with Gasteiger partial charge in [-0.25, -0.2) is 0 Å². The first kappa shape index (κ1) is 12.7. The molecule has 0 aliphatic heterocycles. The van der Waals surface area contributed by atoms with E-state index >= 15 is 0 Å². The molecule has 3 heteroatoms. The van der Waals surface area contributed by atoms with E-state index in [0.717, 1.165) is 27.7 Å². The lowest BCUT2D eigenvalue weighted by Crippen LogP contribution is -2.33. The fraction of sp³-hybridized carbons (Fsp3) is 0.571. The van der Waals surface area contributed by atoms with Crippen LogP contribution in [0.3, 0.4) is 0 Å². The number of nitrogen functional groups attached to an aromatic ring is 1. The van der Waals surface area contributed by atoms with Gasteiger partial charge in [0.15, 0.2) is 0 Å². The predicted molar refractivity (Wildman–Crippen MR) is 78.1 cm³/mol. The molecule has 1 aromatic rings. The summed E-state index contributed by atoms with van der Waals surface area (Å²) in [6, 6.07) is 6.55. The van der Waals surface area contributed by atoms with Gasteiger partial charge in [-0.05, 0) is 65.2 Å². The highest BCUT2D eigenvalue weighted by atomic mass is 79.9. The lowest BCUT2D eigenvalue weighted by molar-refractivity contribution is 0.276. The van der Waals surface area contributed by atoms with E-state index in [2.05, 4.69) is 41.2 Å². The van der Waals surface area contributed by atoms with Crippen molar-refractivity contribution in [2.45, 2.75) is 39.2 Å². The maximum Gasteiger partial charge on any atom is 0.0488 e. The molecule has 0 spiro atoms. The summed E-state index contributed by atoms with van der Waals surface area (Å²) in [6.45, 7) is 4.70. The van der Waals surface area contributed by atoms with Gasteiger partial charge in [-0.2, -0.15) is 0 Å². The van der Waals surface area contributed by atoms with Gasteiger partial charge < -0.3 is 11.1 Å². The SMILES string of the molecule is CC1CCC(Nc2ccc(N)cc2Br)C(C)C1. The first-order chi connectivity index (χ1) is 8.06. The van der Waals surface area contributed by atoms with Crippen LogP contribution < -0.4 is 11.1 Å². The Bertz CT molecular complexity index is 392. The Labute approximate surface area is 112 Å². The lowest BCUT2D eigenvalue weighted by atomic mass is 9.80. The topological polar surface area (TPSA) is 38.0 Å². The number of rotatable bonds is 2. The lowest BCUT2D eigenvalue weighted by Gasteiger charge is -2.34. The van der Waals surface area contributed by atoms with Gasteiger partial charge >= 0.3 is 0 Å². The Kier molecular flexibility index (Phi) is 3.97. The molecule has 3 atom stereocenters. The number of nitrogens with one attached hydrogen (secondary N) is 1. The van der Waals surface area contributed by atoms with E-state index in [-0.39, 0.29) is 0 Å². The van der Waals surface area contributed by atoms with Crippen molar-refractivity contribution in [1.82, 2.24) is 0 Å². The Morgan fingerprint density at radius 2 is 2.06 bits per heavy atom. The second-order valence-corrected chi connectivity index (χ2v) is 6.24. The van der Waals surface area contributed by atoms with Crippen molar-refractivity contribution < 1.29 is 0 Å². The quantitative estimate of drug-likeness (QED) is 0.800. The first-order valence-electron chi connectivity index (χ1n) is 6.38. The van der Waals surface area contributed by atoms with E-state index in [1.165, 1.54) is 19.3 Å². The first-order valence-corrected chi connectivity index (χ1v) is 7.17. The van der Waals surface area contributed by atoms with Gasteiger partial charge in [-0.1, -0.05) is 13.8 Å². The maximum absolute atomic E-state index is 5.75. The highest BCUT2D eigenvalue weighted by molar-refractivity contribution is 9.10. The molecular weight excluding hydrogens is 276 g/mol. The molecule has 1 aliphatic rings. The van der Waals surface area contributed by atoms with Crippen LogP contribution in [0.25, 0.3) is 0 Å². The average Bonchev–Trinajstić information content (AvgIpc) is 2.25. The molecule has 0 amide bonds. The van der Waals surface area contributed by atoms with Crippen molar-refractivity contribution >= 4 is 27.3 Å². The van der Waals surface area contributed by atoms with E-state index in [9.17, 15) is 0 Å². The molecule has 0 bridgehead atoms. The summed E-state index contributed by atoms with van der Waals surface area (Å²) in [5.74, 6) is 1.61. The van der Waals surface area contributed by atoms with Crippen LogP contribution in [0.5, 0.6) is 0 Å². The third-order valence-electron chi connectivity index (χ3n) is 3.77. The Hall–Kier alpha value is -0.700. The molecule has 0 radical (unpaired) electrons. The van der Waals surface area contributed by atoms with Crippen LogP contribution in [0.15, 0.2) is 22.7 Å². The van der Waals surface area contributed by atoms with Crippen LogP contribution in [0.1, 0.15) is 33.1 Å². The van der Waals surface area contributed by atoms with E-state index in [4.69, 9.17) is 5.73 Å². The van der Waals surface area contributed by atoms with Crippen LogP contribution in [0.4, 0.5) is 11.4 Å². The normalized spacial score (nSPS) is 29.0. The molecule has 2 rings (SSSR count). The van der Waals surface area contributed by atoms with E-state index in [0.29, 0.717) is 6.04 Å². The molecule has 0 aromatic heterocycles. The van der Waals surface area contributed by atoms with Gasteiger partial charge in [0.1, 0.15) is 0 Å². The van der Waals surface area contributed by atoms with Crippen molar-refractivity contribution in [1.29, 1.82) is 0 Å². The summed E-state index contributed by atoms with van der Waals surface area (Å²) in [7, 11) is 0. The molecule has 1 aliphatic carbocycles. The zero-order chi connectivity index (χ0) is 12.4. The van der Waals surface area contributed by atoms with Crippen molar-refractivity contribution in [2.24, 2.45) is 11.8 Å². The average molecular weight is 297 g/mol. The fourth-order valence-corrected chi connectivity index (χ4v) is 3.24. The number of anilines is 2. The smallest absolute Gasteiger partial charge is 0.0488 e. The Balaban J connectivity index is 2.05. The number of hydrogen-bond acceptors (Lipinski definition) is 2. The molecule has 1 fully saturated rings. The monoisotopic (exact) mass is 296 g/mol. The minimum Gasteiger partial charge on any atom is -0.399 e. The summed E-state index contributed by atoms with van der Waals surface area (Å²) < 4.78 is 1.06. The van der Waals surface area contributed by atoms with Crippen LogP contribution in [0.2, 0.25) is 0 Å². The molecular formula is C14H21BrN2. The van der Waals surface area contributed by atoms with Gasteiger partial charge in [0.05, 0.1) is 0 Å². The van der Waals surface area contributed by atoms with Gasteiger partial charge in [0.2, 0.25) is 0 Å². The highest BCUT2D eigenvalue weighted by Crippen LogP contribution is 2.33.